The number of rotatable bonds is 27. The Labute approximate surface area is 549 Å². The van der Waals surface area contributed by atoms with Gasteiger partial charge in [0.1, 0.15) is 29.7 Å². The van der Waals surface area contributed by atoms with Crippen molar-refractivity contribution < 1.29 is 77.8 Å². The Morgan fingerprint density at radius 2 is 1.62 bits per heavy atom. The largest absolute Gasteiger partial charge is 0.496 e. The molecular formula is C66H91N9O16S2. The number of ketones is 3. The van der Waals surface area contributed by atoms with Crippen LogP contribution >= 0.6 is 21.6 Å². The van der Waals surface area contributed by atoms with Crippen LogP contribution in [0, 0.1) is 23.2 Å². The lowest BCUT2D eigenvalue weighted by atomic mass is 9.47. The first-order valence-corrected chi connectivity index (χ1v) is 34.7. The van der Waals surface area contributed by atoms with E-state index in [1.54, 1.807) is 14.2 Å². The molecule has 1 unspecified atom stereocenters. The molecule has 14 atom stereocenters. The predicted molar refractivity (Wildman–Crippen MR) is 349 cm³/mol. The molecule has 2 saturated heterocycles. The number of anilines is 1. The third-order valence-corrected chi connectivity index (χ3v) is 23.1. The molecule has 1 spiro atoms. The summed E-state index contributed by atoms with van der Waals surface area (Å²) in [7, 11) is 7.43. The first kappa shape index (κ1) is 70.7. The number of carboxylic acids is 1. The number of carboxylic acid groups (broad SMARTS) is 1. The van der Waals surface area contributed by atoms with Crippen LogP contribution in [-0.2, 0) is 65.1 Å². The fourth-order valence-electron chi connectivity index (χ4n) is 16.4. The molecule has 93 heavy (non-hydrogen) atoms. The van der Waals surface area contributed by atoms with Crippen molar-refractivity contribution in [2.24, 2.45) is 28.9 Å². The predicted octanol–water partition coefficient (Wildman–Crippen LogP) is 3.35. The van der Waals surface area contributed by atoms with Crippen LogP contribution in [-0.4, -0.2) is 208 Å². The number of carbonyl (C=O) groups excluding carboxylic acids is 8. The first-order valence-electron chi connectivity index (χ1n) is 32.2. The molecule has 6 aliphatic rings. The number of likely N-dealkylation sites (N-methyl/N-ethyl adjacent to an activating group) is 1. The van der Waals surface area contributed by atoms with Gasteiger partial charge in [0.2, 0.25) is 11.8 Å². The van der Waals surface area contributed by atoms with Gasteiger partial charge in [0.05, 0.1) is 50.3 Å². The third-order valence-electron chi connectivity index (χ3n) is 20.7. The quantitative estimate of drug-likeness (QED) is 0.0172. The second-order valence-corrected chi connectivity index (χ2v) is 29.1. The summed E-state index contributed by atoms with van der Waals surface area (Å²) < 4.78 is 17.8. The maximum Gasteiger partial charge on any atom is 0.426 e. The molecule has 6 heterocycles. The number of Topliss-reactive ketones (excluding diaryl/α,β-unsaturated/α-hetero) is 3. The van der Waals surface area contributed by atoms with Crippen LogP contribution in [0.25, 0.3) is 10.9 Å². The highest BCUT2D eigenvalue weighted by Gasteiger charge is 2.79. The summed E-state index contributed by atoms with van der Waals surface area (Å²) >= 11 is 0. The number of H-pyrrole nitrogens is 1. The minimum Gasteiger partial charge on any atom is -0.496 e. The van der Waals surface area contributed by atoms with Crippen molar-refractivity contribution in [1.82, 2.24) is 36.3 Å². The van der Waals surface area contributed by atoms with Crippen LogP contribution in [0.1, 0.15) is 121 Å². The van der Waals surface area contributed by atoms with E-state index in [0.29, 0.717) is 99.7 Å². The zero-order chi connectivity index (χ0) is 67.5. The van der Waals surface area contributed by atoms with E-state index in [2.05, 4.69) is 42.3 Å². The van der Waals surface area contributed by atoms with E-state index in [1.807, 2.05) is 61.2 Å². The van der Waals surface area contributed by atoms with Crippen LogP contribution in [0.5, 0.6) is 5.75 Å². The second kappa shape index (κ2) is 28.8. The summed E-state index contributed by atoms with van der Waals surface area (Å²) in [6.45, 7) is 10.6. The Balaban J connectivity index is 0.872. The number of carbonyl (C=O) groups is 9. The molecule has 1 aliphatic carbocycles. The molecule has 25 nitrogen and oxygen atoms in total. The lowest BCUT2D eigenvalue weighted by molar-refractivity contribution is -0.204. The summed E-state index contributed by atoms with van der Waals surface area (Å²) in [5.74, 6) is -6.73. The van der Waals surface area contributed by atoms with Gasteiger partial charge in [-0.1, -0.05) is 72.7 Å². The Hall–Kier alpha value is -6.59. The number of hydrazine groups is 1. The number of hydrogen-bond acceptors (Lipinski definition) is 21. The molecule has 5 aliphatic heterocycles. The number of methoxy groups -OCH3 is 2. The van der Waals surface area contributed by atoms with Gasteiger partial charge in [0, 0.05) is 127 Å². The van der Waals surface area contributed by atoms with E-state index in [-0.39, 0.29) is 49.9 Å². The molecule has 1 aromatic heterocycles. The van der Waals surface area contributed by atoms with Crippen molar-refractivity contribution in [1.29, 1.82) is 0 Å². The van der Waals surface area contributed by atoms with Crippen molar-refractivity contribution in [2.45, 2.75) is 158 Å². The fourth-order valence-corrected chi connectivity index (χ4v) is 18.4. The summed E-state index contributed by atoms with van der Waals surface area (Å²) in [6, 6.07) is 8.02. The van der Waals surface area contributed by atoms with Crippen LogP contribution in [0.15, 0.2) is 48.6 Å². The number of nitrogens with zero attached hydrogens (tertiary/aromatic N) is 3. The van der Waals surface area contributed by atoms with Crippen LogP contribution < -0.4 is 36.9 Å². The number of aliphatic hydroxyl groups is 3. The number of aromatic nitrogens is 1. The molecule has 1 saturated carbocycles. The SMILES string of the molecule is CC[C@]1(O)C[C@H]2CN(CCc3c([nH]c4ccccc34)[C@@](C(=O)OC)(c3cc4c(cc3OC)N(C)[C@H]3[C@@](O)(C(=O)NNC(=O)OCCSSCCCC(=O)[C@H](CN)NC(=O)[C@H](CC(=O)O)CC(=O)[C@H](C)NC(=O)[C@H](C)CC(C)=O)[C@H](O)[C@]5(CC)C=CCN6CC[C@]43[C@@H]65)C2)C1. The number of aliphatic hydroxyl groups excluding tert-OH is 1. The van der Waals surface area contributed by atoms with Gasteiger partial charge < -0.3 is 65.7 Å². The lowest BCUT2D eigenvalue weighted by Gasteiger charge is -2.63. The molecule has 2 aromatic carbocycles. The smallest absolute Gasteiger partial charge is 0.426 e. The Bertz CT molecular complexity index is 3400. The number of piperidine rings is 1. The van der Waals surface area contributed by atoms with Gasteiger partial charge in [-0.2, -0.15) is 0 Å². The van der Waals surface area contributed by atoms with Gasteiger partial charge in [-0.05, 0) is 94.5 Å². The number of fused-ring (bicyclic) bond motifs is 6. The molecule has 3 aromatic rings. The average molecular weight is 1330 g/mol. The number of benzene rings is 2. The van der Waals surface area contributed by atoms with Gasteiger partial charge in [0.15, 0.2) is 17.2 Å². The van der Waals surface area contributed by atoms with Gasteiger partial charge in [-0.25, -0.2) is 10.2 Å². The molecule has 2 bridgehead atoms. The van der Waals surface area contributed by atoms with Crippen LogP contribution in [0.4, 0.5) is 10.5 Å². The molecular weight excluding hydrogens is 1240 g/mol. The summed E-state index contributed by atoms with van der Waals surface area (Å²) in [4.78, 5) is 129. The van der Waals surface area contributed by atoms with Crippen molar-refractivity contribution in [2.75, 3.05) is 83.5 Å². The normalized spacial score (nSPS) is 28.9. The Kier molecular flexibility index (Phi) is 21.9. The molecule has 508 valence electrons. The monoisotopic (exact) mass is 1330 g/mol. The number of hydrogen-bond donors (Lipinski definition) is 10. The minimum atomic E-state index is -2.61. The lowest BCUT2D eigenvalue weighted by Crippen LogP contribution is -2.82. The number of nitrogens with one attached hydrogen (secondary N) is 5. The van der Waals surface area contributed by atoms with Gasteiger partial charge in [-0.3, -0.25) is 48.8 Å². The number of esters is 1. The molecule has 3 fully saturated rings. The maximum atomic E-state index is 15.5. The highest BCUT2D eigenvalue weighted by atomic mass is 33.1. The Morgan fingerprint density at radius 1 is 0.882 bits per heavy atom. The van der Waals surface area contributed by atoms with Gasteiger partial charge in [0.25, 0.3) is 5.91 Å². The van der Waals surface area contributed by atoms with Crippen LogP contribution in [0.2, 0.25) is 0 Å². The van der Waals surface area contributed by atoms with Crippen molar-refractivity contribution in [3.05, 3.63) is 70.9 Å². The Morgan fingerprint density at radius 3 is 2.31 bits per heavy atom. The van der Waals surface area contributed by atoms with E-state index in [9.17, 15) is 54.0 Å². The summed E-state index contributed by atoms with van der Waals surface area (Å²) in [6.07, 6.45) is 2.74. The molecule has 0 radical (unpaired) electrons. The third kappa shape index (κ3) is 13.3. The molecule has 4 amide bonds. The van der Waals surface area contributed by atoms with Crippen molar-refractivity contribution in [3.8, 4) is 5.75 Å². The number of aliphatic carboxylic acids is 1. The number of para-hydroxylation sites is 1. The highest BCUT2D eigenvalue weighted by molar-refractivity contribution is 8.76. The topological polar surface area (TPSA) is 362 Å². The molecule has 27 heteroatoms. The average Bonchev–Trinajstić information content (AvgIpc) is 1.51. The van der Waals surface area contributed by atoms with Gasteiger partial charge >= 0.3 is 18.0 Å². The van der Waals surface area contributed by atoms with Crippen LogP contribution in [0.3, 0.4) is 0 Å². The first-order chi connectivity index (χ1) is 44.2. The number of aromatic amines is 1. The minimum absolute atomic E-state index is 0.000932. The van der Waals surface area contributed by atoms with Gasteiger partial charge in [-0.15, -0.1) is 0 Å². The summed E-state index contributed by atoms with van der Waals surface area (Å²) in [5, 5.41) is 54.1. The highest BCUT2D eigenvalue weighted by Crippen LogP contribution is 2.68. The zero-order valence-corrected chi connectivity index (χ0v) is 55.9. The van der Waals surface area contributed by atoms with Crippen molar-refractivity contribution in [3.63, 3.8) is 0 Å². The van der Waals surface area contributed by atoms with Crippen molar-refractivity contribution >= 4 is 91.3 Å². The standard InChI is InChI=1S/C66H91N9O16S2/c1-9-62(87)32-40-33-65(60(85)90-8,53-43(18-22-74(35-40)36-62)42-15-11-12-16-46(42)69-53)45-30-44-48(31-51(45)89-7)73(6)57-64(44)20-23-75-21-14-19-63(10-2,56(64)75)58(83)66(57,88)59(84)71-72-61(86)91-24-26-93-92-25-13-17-49(77)47(34-67)70-55(82)41(29-52(79)80)28-50(78)39(5)68-54(81)37(3)27-38(4)76/h11-12,14-16,19,30-31,37,39-41,47,56-58,69,83,87-88H,9-10,13,17-18,20-29,32-36,67H2,1-8H3,(H,68,81)(H,70,82)(H,71,84)(H,72,86)(H,79,80)/t37-,39+,40-,41+,47+,56+,57-,58-,62+,63-,64-,65+,66+/m1/s1. The van der Waals surface area contributed by atoms with E-state index in [1.165, 1.54) is 49.5 Å². The molecule has 9 rings (SSSR count). The number of amides is 4. The van der Waals surface area contributed by atoms with E-state index in [4.69, 9.17) is 19.9 Å². The second-order valence-electron chi connectivity index (χ2n) is 26.4. The van der Waals surface area contributed by atoms with E-state index >= 15 is 9.59 Å². The van der Waals surface area contributed by atoms with E-state index < -0.39 is 130 Å². The fraction of sp³-hybridized carbons (Fsp3) is 0.621. The summed E-state index contributed by atoms with van der Waals surface area (Å²) in [5.41, 5.74) is 7.51. The maximum absolute atomic E-state index is 15.5. The molecule has 11 N–H and O–H groups in total. The number of ether oxygens (including phenoxy) is 3. The zero-order valence-electron chi connectivity index (χ0n) is 54.3. The van der Waals surface area contributed by atoms with E-state index in [0.717, 1.165) is 22.0 Å². The number of nitrogens with two attached hydrogens (primary N) is 1.